The summed E-state index contributed by atoms with van der Waals surface area (Å²) in [5.74, 6) is 0.988. The minimum Gasteiger partial charge on any atom is -0.388 e. The molecule has 0 aromatic heterocycles. The fraction of sp³-hybridized carbons (Fsp3) is 0.700. The van der Waals surface area contributed by atoms with Crippen LogP contribution in [0.1, 0.15) is 19.3 Å². The highest BCUT2D eigenvalue weighted by atomic mass is 32.2. The molecular weight excluding hydrogens is 214 g/mol. The average Bonchev–Trinajstić information content (AvgIpc) is 2.69. The molecule has 5 heteroatoms. The largest absolute Gasteiger partial charge is 0.388 e. The summed E-state index contributed by atoms with van der Waals surface area (Å²) in [7, 11) is -2.78. The van der Waals surface area contributed by atoms with E-state index < -0.39 is 9.84 Å². The summed E-state index contributed by atoms with van der Waals surface area (Å²) in [5, 5.41) is 3.17. The molecule has 0 spiro atoms. The van der Waals surface area contributed by atoms with E-state index in [0.29, 0.717) is 24.5 Å². The van der Waals surface area contributed by atoms with Gasteiger partial charge in [0.05, 0.1) is 11.5 Å². The predicted octanol–water partition coefficient (Wildman–Crippen LogP) is 0.257. The van der Waals surface area contributed by atoms with Crippen LogP contribution in [-0.4, -0.2) is 32.3 Å². The van der Waals surface area contributed by atoms with Crippen LogP contribution in [0.25, 0.3) is 0 Å². The Hall–Kier alpha value is -0.840. The Morgan fingerprint density at radius 1 is 1.40 bits per heavy atom. The molecule has 1 atom stereocenters. The molecule has 4 nitrogen and oxygen atoms in total. The zero-order valence-corrected chi connectivity index (χ0v) is 9.35. The number of hydrogen-bond acceptors (Lipinski definition) is 4. The van der Waals surface area contributed by atoms with Crippen LogP contribution in [0.3, 0.4) is 0 Å². The number of rotatable bonds is 3. The maximum atomic E-state index is 11.2. The molecule has 1 saturated heterocycles. The second-order valence-electron chi connectivity index (χ2n) is 4.29. The minimum atomic E-state index is -2.78. The second kappa shape index (κ2) is 3.96. The summed E-state index contributed by atoms with van der Waals surface area (Å²) >= 11 is 0. The van der Waals surface area contributed by atoms with Crippen LogP contribution in [-0.2, 0) is 14.6 Å². The lowest BCUT2D eigenvalue weighted by atomic mass is 10.1. The van der Waals surface area contributed by atoms with E-state index in [1.54, 1.807) is 6.08 Å². The number of ketones is 1. The van der Waals surface area contributed by atoms with E-state index in [4.69, 9.17) is 0 Å². The van der Waals surface area contributed by atoms with Gasteiger partial charge in [0.1, 0.15) is 0 Å². The summed E-state index contributed by atoms with van der Waals surface area (Å²) in [5.41, 5.74) is 0.962. The fourth-order valence-electron chi connectivity index (χ4n) is 2.04. The van der Waals surface area contributed by atoms with Gasteiger partial charge in [-0.2, -0.15) is 0 Å². The van der Waals surface area contributed by atoms with Gasteiger partial charge in [0, 0.05) is 24.7 Å². The Kier molecular flexibility index (Phi) is 2.82. The second-order valence-corrected chi connectivity index (χ2v) is 6.51. The van der Waals surface area contributed by atoms with Gasteiger partial charge >= 0.3 is 0 Å². The van der Waals surface area contributed by atoms with E-state index in [2.05, 4.69) is 5.32 Å². The highest BCUT2D eigenvalue weighted by Gasteiger charge is 2.27. The molecule has 0 aromatic carbocycles. The SMILES string of the molecule is O=C1C=C(NCC2CCS(=O)(=O)C2)CC1. The lowest BCUT2D eigenvalue weighted by molar-refractivity contribution is -0.114. The molecular formula is C10H15NO3S. The first kappa shape index (κ1) is 10.7. The van der Waals surface area contributed by atoms with E-state index >= 15 is 0 Å². The molecule has 1 aliphatic heterocycles. The standard InChI is InChI=1S/C10H15NO3S/c12-10-2-1-9(5-10)11-6-8-3-4-15(13,14)7-8/h5,8,11H,1-4,6-7H2. The number of nitrogens with one attached hydrogen (secondary N) is 1. The Bertz CT molecular complexity index is 397. The zero-order chi connectivity index (χ0) is 10.9. The first-order valence-electron chi connectivity index (χ1n) is 5.23. The Labute approximate surface area is 89.7 Å². The van der Waals surface area contributed by atoms with E-state index in [9.17, 15) is 13.2 Å². The van der Waals surface area contributed by atoms with Crippen molar-refractivity contribution in [2.45, 2.75) is 19.3 Å². The van der Waals surface area contributed by atoms with Gasteiger partial charge in [-0.1, -0.05) is 0 Å². The molecule has 0 aromatic rings. The molecule has 15 heavy (non-hydrogen) atoms. The topological polar surface area (TPSA) is 63.2 Å². The van der Waals surface area contributed by atoms with Gasteiger partial charge < -0.3 is 5.32 Å². The number of carbonyl (C=O) groups excluding carboxylic acids is 1. The number of carbonyl (C=O) groups is 1. The van der Waals surface area contributed by atoms with Crippen LogP contribution in [0.5, 0.6) is 0 Å². The van der Waals surface area contributed by atoms with Crippen LogP contribution in [0.2, 0.25) is 0 Å². The average molecular weight is 229 g/mol. The molecule has 1 unspecified atom stereocenters. The van der Waals surface area contributed by atoms with E-state index in [-0.39, 0.29) is 11.7 Å². The van der Waals surface area contributed by atoms with Gasteiger partial charge in [-0.25, -0.2) is 8.42 Å². The lowest BCUT2D eigenvalue weighted by Gasteiger charge is -2.10. The normalized spacial score (nSPS) is 29.2. The Morgan fingerprint density at radius 2 is 2.20 bits per heavy atom. The van der Waals surface area contributed by atoms with Gasteiger partial charge in [-0.3, -0.25) is 4.79 Å². The summed E-state index contributed by atoms with van der Waals surface area (Å²) in [6.07, 6.45) is 3.74. The van der Waals surface area contributed by atoms with Crippen molar-refractivity contribution in [1.29, 1.82) is 0 Å². The minimum absolute atomic E-state index is 0.163. The smallest absolute Gasteiger partial charge is 0.157 e. The molecule has 1 heterocycles. The molecule has 2 aliphatic rings. The third kappa shape index (κ3) is 2.81. The van der Waals surface area contributed by atoms with Crippen molar-refractivity contribution in [2.24, 2.45) is 5.92 Å². The summed E-state index contributed by atoms with van der Waals surface area (Å²) in [6.45, 7) is 0.679. The van der Waals surface area contributed by atoms with Crippen molar-refractivity contribution in [3.05, 3.63) is 11.8 Å². The molecule has 0 radical (unpaired) electrons. The number of allylic oxidation sites excluding steroid dienone is 2. The summed E-state index contributed by atoms with van der Waals surface area (Å²) in [4.78, 5) is 10.9. The first-order valence-corrected chi connectivity index (χ1v) is 7.05. The van der Waals surface area contributed by atoms with Crippen molar-refractivity contribution < 1.29 is 13.2 Å². The maximum absolute atomic E-state index is 11.2. The molecule has 0 saturated carbocycles. The van der Waals surface area contributed by atoms with Crippen molar-refractivity contribution in [3.63, 3.8) is 0 Å². The monoisotopic (exact) mass is 229 g/mol. The molecule has 0 amide bonds. The fourth-order valence-corrected chi connectivity index (χ4v) is 3.91. The van der Waals surface area contributed by atoms with Crippen LogP contribution in [0.4, 0.5) is 0 Å². The molecule has 1 fully saturated rings. The van der Waals surface area contributed by atoms with Crippen molar-refractivity contribution in [1.82, 2.24) is 5.32 Å². The highest BCUT2D eigenvalue weighted by molar-refractivity contribution is 7.91. The third-order valence-electron chi connectivity index (χ3n) is 2.92. The molecule has 84 valence electrons. The van der Waals surface area contributed by atoms with Crippen molar-refractivity contribution in [3.8, 4) is 0 Å². The summed E-state index contributed by atoms with van der Waals surface area (Å²) < 4.78 is 22.4. The predicted molar refractivity (Wildman–Crippen MR) is 57.1 cm³/mol. The molecule has 2 rings (SSSR count). The Balaban J connectivity index is 1.80. The number of sulfone groups is 1. The maximum Gasteiger partial charge on any atom is 0.157 e. The summed E-state index contributed by atoms with van der Waals surface area (Å²) in [6, 6.07) is 0. The quantitative estimate of drug-likeness (QED) is 0.754. The first-order chi connectivity index (χ1) is 7.05. The van der Waals surface area contributed by atoms with Gasteiger partial charge in [-0.15, -0.1) is 0 Å². The van der Waals surface area contributed by atoms with Crippen LogP contribution < -0.4 is 5.32 Å². The van der Waals surface area contributed by atoms with Crippen molar-refractivity contribution in [2.75, 3.05) is 18.1 Å². The number of hydrogen-bond donors (Lipinski definition) is 1. The van der Waals surface area contributed by atoms with Gasteiger partial charge in [0.2, 0.25) is 0 Å². The van der Waals surface area contributed by atoms with Crippen LogP contribution >= 0.6 is 0 Å². The zero-order valence-electron chi connectivity index (χ0n) is 8.53. The Morgan fingerprint density at radius 3 is 2.73 bits per heavy atom. The van der Waals surface area contributed by atoms with E-state index in [0.717, 1.165) is 18.5 Å². The van der Waals surface area contributed by atoms with E-state index in [1.165, 1.54) is 0 Å². The van der Waals surface area contributed by atoms with Crippen LogP contribution in [0, 0.1) is 5.92 Å². The molecule has 1 N–H and O–H groups in total. The highest BCUT2D eigenvalue weighted by Crippen LogP contribution is 2.19. The lowest BCUT2D eigenvalue weighted by Crippen LogP contribution is -2.22. The third-order valence-corrected chi connectivity index (χ3v) is 4.76. The van der Waals surface area contributed by atoms with Gasteiger partial charge in [0.25, 0.3) is 0 Å². The van der Waals surface area contributed by atoms with Crippen molar-refractivity contribution >= 4 is 15.6 Å². The molecule has 0 bridgehead atoms. The van der Waals surface area contributed by atoms with Crippen LogP contribution in [0.15, 0.2) is 11.8 Å². The van der Waals surface area contributed by atoms with Gasteiger partial charge in [0.15, 0.2) is 15.6 Å². The van der Waals surface area contributed by atoms with Gasteiger partial charge in [-0.05, 0) is 18.8 Å². The van der Waals surface area contributed by atoms with E-state index in [1.807, 2.05) is 0 Å². The molecule has 1 aliphatic carbocycles.